The number of alkyl halides is 2. The zero-order chi connectivity index (χ0) is 19.9. The predicted molar refractivity (Wildman–Crippen MR) is 104 cm³/mol. The van der Waals surface area contributed by atoms with Gasteiger partial charge in [0.05, 0.1) is 12.6 Å². The summed E-state index contributed by atoms with van der Waals surface area (Å²) >= 11 is 1.54. The number of carbonyl (C=O) groups is 1. The number of hydrogen-bond donors (Lipinski definition) is 1. The van der Waals surface area contributed by atoms with Crippen LogP contribution >= 0.6 is 11.3 Å². The fourth-order valence-corrected chi connectivity index (χ4v) is 3.55. The Kier molecular flexibility index (Phi) is 6.60. The minimum Gasteiger partial charge on any atom is -0.490 e. The molecule has 4 nitrogen and oxygen atoms in total. The van der Waals surface area contributed by atoms with E-state index in [2.05, 4.69) is 10.1 Å². The predicted octanol–water partition coefficient (Wildman–Crippen LogP) is 5.27. The fourth-order valence-electron chi connectivity index (χ4n) is 2.75. The summed E-state index contributed by atoms with van der Waals surface area (Å²) in [4.78, 5) is 13.9. The Hall–Kier alpha value is -2.93. The summed E-state index contributed by atoms with van der Waals surface area (Å²) in [5, 5.41) is 4.95. The molecule has 1 N–H and O–H groups in total. The Morgan fingerprint density at radius 3 is 2.50 bits per heavy atom. The van der Waals surface area contributed by atoms with E-state index >= 15 is 0 Å². The Balaban J connectivity index is 1.86. The van der Waals surface area contributed by atoms with E-state index in [1.54, 1.807) is 18.3 Å². The maximum atomic E-state index is 12.9. The van der Waals surface area contributed by atoms with Crippen molar-refractivity contribution in [1.82, 2.24) is 5.32 Å². The zero-order valence-corrected chi connectivity index (χ0v) is 15.9. The van der Waals surface area contributed by atoms with E-state index in [1.165, 1.54) is 18.2 Å². The molecule has 0 aliphatic rings. The molecule has 0 saturated carbocycles. The van der Waals surface area contributed by atoms with Gasteiger partial charge in [-0.15, -0.1) is 11.3 Å². The van der Waals surface area contributed by atoms with Gasteiger partial charge >= 0.3 is 6.61 Å². The van der Waals surface area contributed by atoms with Crippen LogP contribution in [0.1, 0.15) is 33.8 Å². The Bertz CT molecular complexity index is 901. The van der Waals surface area contributed by atoms with Crippen molar-refractivity contribution in [2.45, 2.75) is 19.6 Å². The number of hydrogen-bond acceptors (Lipinski definition) is 4. The van der Waals surface area contributed by atoms with Crippen LogP contribution in [0.25, 0.3) is 0 Å². The molecule has 0 fully saturated rings. The molecule has 1 amide bonds. The van der Waals surface area contributed by atoms with Crippen LogP contribution < -0.4 is 14.8 Å². The summed E-state index contributed by atoms with van der Waals surface area (Å²) < 4.78 is 34.9. The number of ether oxygens (including phenoxy) is 2. The van der Waals surface area contributed by atoms with Crippen LogP contribution in [-0.4, -0.2) is 19.1 Å². The fraction of sp³-hybridized carbons (Fsp3) is 0.190. The lowest BCUT2D eigenvalue weighted by Crippen LogP contribution is -2.28. The van der Waals surface area contributed by atoms with Crippen LogP contribution in [0.4, 0.5) is 8.78 Å². The molecular formula is C21H19F2NO3S. The van der Waals surface area contributed by atoms with Gasteiger partial charge in [-0.2, -0.15) is 8.78 Å². The second-order valence-corrected chi connectivity index (χ2v) is 6.78. The lowest BCUT2D eigenvalue weighted by Gasteiger charge is -2.19. The molecule has 1 atom stereocenters. The lowest BCUT2D eigenvalue weighted by molar-refractivity contribution is -0.0514. The van der Waals surface area contributed by atoms with Crippen molar-refractivity contribution in [3.8, 4) is 11.5 Å². The lowest BCUT2D eigenvalue weighted by atomic mass is 10.0. The van der Waals surface area contributed by atoms with E-state index in [0.717, 1.165) is 10.4 Å². The quantitative estimate of drug-likeness (QED) is 0.558. The SMILES string of the molecule is CCOc1cc(C(=O)NC(c2ccccc2)c2cccs2)ccc1OC(F)F. The highest BCUT2D eigenvalue weighted by atomic mass is 32.1. The van der Waals surface area contributed by atoms with E-state index in [1.807, 2.05) is 47.8 Å². The minimum atomic E-state index is -2.97. The Morgan fingerprint density at radius 1 is 1.07 bits per heavy atom. The minimum absolute atomic E-state index is 0.0998. The van der Waals surface area contributed by atoms with Crippen LogP contribution in [0.5, 0.6) is 11.5 Å². The Morgan fingerprint density at radius 2 is 1.86 bits per heavy atom. The van der Waals surface area contributed by atoms with Gasteiger partial charge in [-0.25, -0.2) is 0 Å². The molecule has 0 bridgehead atoms. The summed E-state index contributed by atoms with van der Waals surface area (Å²) in [5.74, 6) is -0.346. The first-order valence-corrected chi connectivity index (χ1v) is 9.57. The molecule has 3 rings (SSSR count). The molecule has 1 heterocycles. The first-order chi connectivity index (χ1) is 13.6. The first kappa shape index (κ1) is 19.8. The van der Waals surface area contributed by atoms with Crippen molar-refractivity contribution in [2.75, 3.05) is 6.61 Å². The van der Waals surface area contributed by atoms with Gasteiger partial charge in [-0.05, 0) is 42.1 Å². The third-order valence-electron chi connectivity index (χ3n) is 3.96. The van der Waals surface area contributed by atoms with Gasteiger partial charge < -0.3 is 14.8 Å². The second kappa shape index (κ2) is 9.32. The molecule has 1 aromatic heterocycles. The van der Waals surface area contributed by atoms with Crippen molar-refractivity contribution in [3.63, 3.8) is 0 Å². The smallest absolute Gasteiger partial charge is 0.387 e. The summed E-state index contributed by atoms with van der Waals surface area (Å²) in [7, 11) is 0. The number of halogens is 2. The monoisotopic (exact) mass is 403 g/mol. The highest BCUT2D eigenvalue weighted by molar-refractivity contribution is 7.10. The van der Waals surface area contributed by atoms with Crippen LogP contribution in [0.3, 0.4) is 0 Å². The molecular weight excluding hydrogens is 384 g/mol. The van der Waals surface area contributed by atoms with E-state index in [-0.39, 0.29) is 30.1 Å². The maximum Gasteiger partial charge on any atom is 0.387 e. The number of carbonyl (C=O) groups excluding carboxylic acids is 1. The van der Waals surface area contributed by atoms with Crippen molar-refractivity contribution in [2.24, 2.45) is 0 Å². The van der Waals surface area contributed by atoms with Gasteiger partial charge in [0, 0.05) is 10.4 Å². The van der Waals surface area contributed by atoms with E-state index in [0.29, 0.717) is 5.56 Å². The number of benzene rings is 2. The molecule has 2 aromatic carbocycles. The summed E-state index contributed by atoms with van der Waals surface area (Å²) in [6.07, 6.45) is 0. The number of rotatable bonds is 8. The van der Waals surface area contributed by atoms with Gasteiger partial charge in [0.15, 0.2) is 11.5 Å². The van der Waals surface area contributed by atoms with E-state index in [9.17, 15) is 13.6 Å². The molecule has 7 heteroatoms. The van der Waals surface area contributed by atoms with Crippen LogP contribution in [0.15, 0.2) is 66.0 Å². The number of nitrogens with one attached hydrogen (secondary N) is 1. The summed E-state index contributed by atoms with van der Waals surface area (Å²) in [6.45, 7) is -0.992. The average molecular weight is 403 g/mol. The maximum absolute atomic E-state index is 12.9. The van der Waals surface area contributed by atoms with Crippen molar-refractivity contribution < 1.29 is 23.0 Å². The molecule has 1 unspecified atom stereocenters. The average Bonchev–Trinajstić information content (AvgIpc) is 3.22. The molecule has 0 aliphatic carbocycles. The number of thiophene rings is 1. The summed E-state index contributed by atoms with van der Waals surface area (Å²) in [5.41, 5.74) is 1.24. The second-order valence-electron chi connectivity index (χ2n) is 5.81. The van der Waals surface area contributed by atoms with Crippen LogP contribution in [0.2, 0.25) is 0 Å². The standard InChI is InChI=1S/C21H19F2NO3S/c1-2-26-17-13-15(10-11-16(17)27-21(22)23)20(25)24-19(18-9-6-12-28-18)14-7-4-3-5-8-14/h3-13,19,21H,2H2,1H3,(H,24,25). The normalized spacial score (nSPS) is 11.9. The molecule has 0 aliphatic heterocycles. The zero-order valence-electron chi connectivity index (χ0n) is 15.1. The molecule has 146 valence electrons. The van der Waals surface area contributed by atoms with Gasteiger partial charge in [0.1, 0.15) is 0 Å². The first-order valence-electron chi connectivity index (χ1n) is 8.69. The van der Waals surface area contributed by atoms with Crippen molar-refractivity contribution in [3.05, 3.63) is 82.0 Å². The molecule has 0 spiro atoms. The molecule has 0 saturated heterocycles. The Labute approximate surface area is 165 Å². The van der Waals surface area contributed by atoms with Gasteiger partial charge in [0.2, 0.25) is 0 Å². The van der Waals surface area contributed by atoms with Gasteiger partial charge in [-0.1, -0.05) is 36.4 Å². The highest BCUT2D eigenvalue weighted by Crippen LogP contribution is 2.31. The number of amides is 1. The highest BCUT2D eigenvalue weighted by Gasteiger charge is 2.20. The van der Waals surface area contributed by atoms with Crippen LogP contribution in [0, 0.1) is 0 Å². The van der Waals surface area contributed by atoms with Crippen molar-refractivity contribution in [1.29, 1.82) is 0 Å². The largest absolute Gasteiger partial charge is 0.490 e. The molecule has 28 heavy (non-hydrogen) atoms. The third kappa shape index (κ3) is 4.86. The third-order valence-corrected chi connectivity index (χ3v) is 4.90. The van der Waals surface area contributed by atoms with Gasteiger partial charge in [0.25, 0.3) is 5.91 Å². The van der Waals surface area contributed by atoms with Crippen molar-refractivity contribution >= 4 is 17.2 Å². The van der Waals surface area contributed by atoms with Crippen LogP contribution in [-0.2, 0) is 0 Å². The summed E-state index contributed by atoms with van der Waals surface area (Å²) in [6, 6.07) is 17.3. The van der Waals surface area contributed by atoms with E-state index < -0.39 is 6.61 Å². The van der Waals surface area contributed by atoms with Gasteiger partial charge in [-0.3, -0.25) is 4.79 Å². The topological polar surface area (TPSA) is 47.6 Å². The molecule has 0 radical (unpaired) electrons. The van der Waals surface area contributed by atoms with E-state index in [4.69, 9.17) is 4.74 Å². The molecule has 3 aromatic rings.